The molecular formula is C18H24O6. The molecule has 0 saturated carbocycles. The minimum absolute atomic E-state index is 0.627. The van der Waals surface area contributed by atoms with Crippen LogP contribution in [0, 0.1) is 0 Å². The normalized spacial score (nSPS) is 9.25. The van der Waals surface area contributed by atoms with Crippen LogP contribution in [0.5, 0.6) is 34.5 Å². The van der Waals surface area contributed by atoms with E-state index >= 15 is 0 Å². The lowest BCUT2D eigenvalue weighted by molar-refractivity contribution is 0.324. The predicted molar refractivity (Wildman–Crippen MR) is 92.2 cm³/mol. The van der Waals surface area contributed by atoms with Gasteiger partial charge in [-0.25, -0.2) is 0 Å². The molecule has 0 aliphatic carbocycles. The summed E-state index contributed by atoms with van der Waals surface area (Å²) in [5.41, 5.74) is 0. The van der Waals surface area contributed by atoms with Crippen LogP contribution in [0.15, 0.2) is 36.4 Å². The van der Waals surface area contributed by atoms with Crippen LogP contribution in [0.3, 0.4) is 0 Å². The average Bonchev–Trinajstić information content (AvgIpc) is 2.66. The Kier molecular flexibility index (Phi) is 8.11. The highest BCUT2D eigenvalue weighted by molar-refractivity contribution is 5.50. The van der Waals surface area contributed by atoms with Gasteiger partial charge in [0.25, 0.3) is 0 Å². The highest BCUT2D eigenvalue weighted by atomic mass is 16.5. The Balaban J connectivity index is 0.000000240. The number of methoxy groups -OCH3 is 6. The van der Waals surface area contributed by atoms with E-state index in [2.05, 4.69) is 0 Å². The Morgan fingerprint density at radius 2 is 1.04 bits per heavy atom. The number of rotatable bonds is 6. The third-order valence-corrected chi connectivity index (χ3v) is 3.18. The van der Waals surface area contributed by atoms with Gasteiger partial charge in [-0.2, -0.15) is 0 Å². The Labute approximate surface area is 142 Å². The van der Waals surface area contributed by atoms with Gasteiger partial charge in [-0.3, -0.25) is 0 Å². The summed E-state index contributed by atoms with van der Waals surface area (Å²) < 4.78 is 30.4. The fourth-order valence-corrected chi connectivity index (χ4v) is 1.96. The molecule has 0 aromatic heterocycles. The van der Waals surface area contributed by atoms with Crippen molar-refractivity contribution in [3.8, 4) is 34.5 Å². The summed E-state index contributed by atoms with van der Waals surface area (Å²) >= 11 is 0. The van der Waals surface area contributed by atoms with Crippen LogP contribution in [0.25, 0.3) is 0 Å². The molecule has 0 unspecified atom stereocenters. The topological polar surface area (TPSA) is 55.4 Å². The van der Waals surface area contributed by atoms with E-state index in [1.807, 2.05) is 24.3 Å². The van der Waals surface area contributed by atoms with Crippen molar-refractivity contribution in [1.82, 2.24) is 0 Å². The van der Waals surface area contributed by atoms with Crippen molar-refractivity contribution in [2.24, 2.45) is 0 Å². The molecule has 0 aliphatic rings. The van der Waals surface area contributed by atoms with Crippen molar-refractivity contribution in [3.63, 3.8) is 0 Å². The molecule has 6 nitrogen and oxygen atoms in total. The van der Waals surface area contributed by atoms with Gasteiger partial charge >= 0.3 is 0 Å². The largest absolute Gasteiger partial charge is 0.497 e. The van der Waals surface area contributed by atoms with Crippen molar-refractivity contribution >= 4 is 0 Å². The maximum atomic E-state index is 5.11. The fourth-order valence-electron chi connectivity index (χ4n) is 1.96. The lowest BCUT2D eigenvalue weighted by atomic mass is 10.3. The molecule has 0 radical (unpaired) electrons. The second-order valence-corrected chi connectivity index (χ2v) is 4.42. The molecule has 0 bridgehead atoms. The molecule has 2 aromatic carbocycles. The Morgan fingerprint density at radius 1 is 0.500 bits per heavy atom. The van der Waals surface area contributed by atoms with Gasteiger partial charge in [-0.05, 0) is 24.3 Å². The van der Waals surface area contributed by atoms with E-state index in [1.54, 1.807) is 54.8 Å². The molecule has 0 saturated heterocycles. The first kappa shape index (κ1) is 19.3. The third-order valence-electron chi connectivity index (χ3n) is 3.18. The molecule has 0 spiro atoms. The van der Waals surface area contributed by atoms with E-state index < -0.39 is 0 Å². The molecule has 0 fully saturated rings. The smallest absolute Gasteiger partial charge is 0.203 e. The highest BCUT2D eigenvalue weighted by Crippen LogP contribution is 2.36. The van der Waals surface area contributed by atoms with Crippen molar-refractivity contribution in [2.45, 2.75) is 0 Å². The van der Waals surface area contributed by atoms with Crippen LogP contribution >= 0.6 is 0 Å². The van der Waals surface area contributed by atoms with E-state index in [1.165, 1.54) is 0 Å². The quantitative estimate of drug-likeness (QED) is 0.806. The first-order chi connectivity index (χ1) is 11.6. The second-order valence-electron chi connectivity index (χ2n) is 4.42. The van der Waals surface area contributed by atoms with Crippen molar-refractivity contribution in [3.05, 3.63) is 36.4 Å². The first-order valence-corrected chi connectivity index (χ1v) is 7.16. The van der Waals surface area contributed by atoms with Gasteiger partial charge < -0.3 is 28.4 Å². The van der Waals surface area contributed by atoms with E-state index in [9.17, 15) is 0 Å². The number of para-hydroxylation sites is 1. The highest BCUT2D eigenvalue weighted by Gasteiger charge is 2.08. The number of ether oxygens (including phenoxy) is 6. The predicted octanol–water partition coefficient (Wildman–Crippen LogP) is 3.42. The van der Waals surface area contributed by atoms with Crippen LogP contribution in [0.4, 0.5) is 0 Å². The molecule has 0 N–H and O–H groups in total. The van der Waals surface area contributed by atoms with E-state index in [4.69, 9.17) is 28.4 Å². The maximum Gasteiger partial charge on any atom is 0.203 e. The molecule has 132 valence electrons. The Hall–Kier alpha value is -2.76. The van der Waals surface area contributed by atoms with Gasteiger partial charge in [0.1, 0.15) is 5.75 Å². The summed E-state index contributed by atoms with van der Waals surface area (Å²) in [6, 6.07) is 10.9. The molecule has 2 rings (SSSR count). The Bertz CT molecular complexity index is 602. The van der Waals surface area contributed by atoms with Gasteiger partial charge in [0, 0.05) is 6.07 Å². The minimum Gasteiger partial charge on any atom is -0.497 e. The zero-order valence-electron chi connectivity index (χ0n) is 14.9. The molecule has 0 atom stereocenters. The molecule has 0 heterocycles. The van der Waals surface area contributed by atoms with Crippen molar-refractivity contribution < 1.29 is 28.4 Å². The summed E-state index contributed by atoms with van der Waals surface area (Å²) in [5.74, 6) is 4.12. The molecule has 6 heteroatoms. The van der Waals surface area contributed by atoms with Crippen molar-refractivity contribution in [1.29, 1.82) is 0 Å². The molecule has 0 amide bonds. The van der Waals surface area contributed by atoms with Gasteiger partial charge in [0.15, 0.2) is 23.0 Å². The van der Waals surface area contributed by atoms with Crippen LogP contribution in [0.2, 0.25) is 0 Å². The summed E-state index contributed by atoms with van der Waals surface area (Å²) in [5, 5.41) is 0. The summed E-state index contributed by atoms with van der Waals surface area (Å²) in [6.07, 6.45) is 0. The number of hydrogen-bond acceptors (Lipinski definition) is 6. The molecule has 0 aliphatic heterocycles. The molecule has 2 aromatic rings. The summed E-state index contributed by atoms with van der Waals surface area (Å²) in [6.45, 7) is 0. The summed E-state index contributed by atoms with van der Waals surface area (Å²) in [4.78, 5) is 0. The zero-order chi connectivity index (χ0) is 17.9. The minimum atomic E-state index is 0.627. The van der Waals surface area contributed by atoms with E-state index in [0.717, 1.165) is 5.75 Å². The maximum absolute atomic E-state index is 5.11. The van der Waals surface area contributed by atoms with Gasteiger partial charge in [-0.1, -0.05) is 6.07 Å². The molecular weight excluding hydrogens is 312 g/mol. The number of benzene rings is 2. The SMILES string of the molecule is COc1ccc(OC)c(OC)c1.COc1cccc(OC)c1OC. The monoisotopic (exact) mass is 336 g/mol. The van der Waals surface area contributed by atoms with Crippen LogP contribution < -0.4 is 28.4 Å². The van der Waals surface area contributed by atoms with Crippen LogP contribution in [0.1, 0.15) is 0 Å². The zero-order valence-corrected chi connectivity index (χ0v) is 14.9. The van der Waals surface area contributed by atoms with Crippen molar-refractivity contribution in [2.75, 3.05) is 42.7 Å². The molecule has 24 heavy (non-hydrogen) atoms. The number of hydrogen-bond donors (Lipinski definition) is 0. The van der Waals surface area contributed by atoms with E-state index in [0.29, 0.717) is 28.7 Å². The summed E-state index contributed by atoms with van der Waals surface area (Å²) in [7, 11) is 9.58. The fraction of sp³-hybridized carbons (Fsp3) is 0.333. The van der Waals surface area contributed by atoms with Gasteiger partial charge in [0.2, 0.25) is 5.75 Å². The average molecular weight is 336 g/mol. The van der Waals surface area contributed by atoms with Crippen LogP contribution in [-0.4, -0.2) is 42.7 Å². The third kappa shape index (κ3) is 4.87. The second kappa shape index (κ2) is 10.1. The van der Waals surface area contributed by atoms with Crippen LogP contribution in [-0.2, 0) is 0 Å². The Morgan fingerprint density at radius 3 is 1.46 bits per heavy atom. The van der Waals surface area contributed by atoms with E-state index in [-0.39, 0.29) is 0 Å². The lowest BCUT2D eigenvalue weighted by Gasteiger charge is -2.10. The first-order valence-electron chi connectivity index (χ1n) is 7.16. The lowest BCUT2D eigenvalue weighted by Crippen LogP contribution is -1.93. The van der Waals surface area contributed by atoms with Gasteiger partial charge in [0.05, 0.1) is 42.7 Å². The van der Waals surface area contributed by atoms with Gasteiger partial charge in [-0.15, -0.1) is 0 Å². The standard InChI is InChI=1S/2C9H12O3/c1-10-7-4-5-8(11-2)9(6-7)12-3;1-10-7-5-4-6-8(11-2)9(7)12-3/h2*4-6H,1-3H3.